The number of amides is 2. The second kappa shape index (κ2) is 6.92. The summed E-state index contributed by atoms with van der Waals surface area (Å²) < 4.78 is 0. The number of hydrogen-bond acceptors (Lipinski definition) is 4. The molecule has 0 unspecified atom stereocenters. The number of aryl methyl sites for hydroxylation is 2. The first-order valence-corrected chi connectivity index (χ1v) is 8.26. The van der Waals surface area contributed by atoms with Crippen LogP contribution in [-0.4, -0.2) is 39.1 Å². The summed E-state index contributed by atoms with van der Waals surface area (Å²) in [5, 5.41) is 20.9. The minimum Gasteiger partial charge on any atom is -0.324 e. The van der Waals surface area contributed by atoms with Crippen molar-refractivity contribution in [1.82, 2.24) is 15.1 Å². The summed E-state index contributed by atoms with van der Waals surface area (Å²) >= 11 is 0. The number of aromatic amines is 1. The Bertz CT molecular complexity index is 788. The van der Waals surface area contributed by atoms with Gasteiger partial charge in [-0.05, 0) is 44.4 Å². The largest absolute Gasteiger partial charge is 0.324 e. The summed E-state index contributed by atoms with van der Waals surface area (Å²) in [6.45, 7) is 4.79. The maximum atomic E-state index is 12.6. The molecule has 1 atom stereocenters. The highest BCUT2D eigenvalue weighted by Crippen LogP contribution is 2.28. The Morgan fingerprint density at radius 2 is 2.20 bits per heavy atom. The fourth-order valence-corrected chi connectivity index (χ4v) is 3.28. The van der Waals surface area contributed by atoms with Gasteiger partial charge in [0.15, 0.2) is 0 Å². The summed E-state index contributed by atoms with van der Waals surface area (Å²) in [4.78, 5) is 25.1. The van der Waals surface area contributed by atoms with Crippen molar-refractivity contribution in [2.24, 2.45) is 0 Å². The highest BCUT2D eigenvalue weighted by atomic mass is 16.6. The molecule has 0 radical (unpaired) electrons. The van der Waals surface area contributed by atoms with Crippen LogP contribution in [-0.2, 0) is 0 Å². The third-order valence-corrected chi connectivity index (χ3v) is 4.65. The number of urea groups is 1. The molecular formula is C17H21N5O3. The Morgan fingerprint density at radius 1 is 1.40 bits per heavy atom. The van der Waals surface area contributed by atoms with Crippen LogP contribution in [0.4, 0.5) is 16.2 Å². The molecule has 25 heavy (non-hydrogen) atoms. The van der Waals surface area contributed by atoms with E-state index in [1.807, 2.05) is 13.0 Å². The van der Waals surface area contributed by atoms with Gasteiger partial charge >= 0.3 is 6.03 Å². The van der Waals surface area contributed by atoms with Crippen LogP contribution >= 0.6 is 0 Å². The molecule has 2 amide bonds. The number of carbonyl (C=O) groups excluding carboxylic acids is 1. The molecular weight excluding hydrogens is 322 g/mol. The Morgan fingerprint density at radius 3 is 2.88 bits per heavy atom. The van der Waals surface area contributed by atoms with E-state index in [0.717, 1.165) is 24.1 Å². The summed E-state index contributed by atoms with van der Waals surface area (Å²) in [7, 11) is 0. The number of anilines is 1. The van der Waals surface area contributed by atoms with Gasteiger partial charge in [0.25, 0.3) is 5.69 Å². The summed E-state index contributed by atoms with van der Waals surface area (Å²) in [5.41, 5.74) is 2.90. The van der Waals surface area contributed by atoms with Gasteiger partial charge in [0.2, 0.25) is 0 Å². The van der Waals surface area contributed by atoms with Gasteiger partial charge in [0.1, 0.15) is 0 Å². The van der Waals surface area contributed by atoms with Gasteiger partial charge in [0, 0.05) is 42.5 Å². The van der Waals surface area contributed by atoms with E-state index in [9.17, 15) is 14.9 Å². The molecule has 1 aromatic carbocycles. The smallest absolute Gasteiger partial charge is 0.321 e. The van der Waals surface area contributed by atoms with Gasteiger partial charge in [-0.3, -0.25) is 15.2 Å². The average Bonchev–Trinajstić information content (AvgIpc) is 3.11. The normalized spacial score (nSPS) is 17.4. The Hall–Kier alpha value is -2.90. The average molecular weight is 343 g/mol. The molecule has 1 aliphatic heterocycles. The van der Waals surface area contributed by atoms with Crippen molar-refractivity contribution in [3.63, 3.8) is 0 Å². The zero-order chi connectivity index (χ0) is 18.0. The molecule has 8 heteroatoms. The van der Waals surface area contributed by atoms with Crippen LogP contribution in [0.2, 0.25) is 0 Å². The third kappa shape index (κ3) is 3.62. The van der Waals surface area contributed by atoms with Crippen molar-refractivity contribution in [3.05, 3.63) is 51.3 Å². The minimum atomic E-state index is -0.431. The number of rotatable bonds is 3. The van der Waals surface area contributed by atoms with Gasteiger partial charge in [0.05, 0.1) is 10.6 Å². The molecule has 2 N–H and O–H groups in total. The maximum absolute atomic E-state index is 12.6. The van der Waals surface area contributed by atoms with E-state index in [2.05, 4.69) is 15.5 Å². The van der Waals surface area contributed by atoms with Gasteiger partial charge in [-0.15, -0.1) is 0 Å². The zero-order valence-electron chi connectivity index (χ0n) is 14.3. The van der Waals surface area contributed by atoms with Gasteiger partial charge in [-0.1, -0.05) is 0 Å². The predicted octanol–water partition coefficient (Wildman–Crippen LogP) is 3.35. The first-order valence-electron chi connectivity index (χ1n) is 8.26. The number of piperidine rings is 1. The fraction of sp³-hybridized carbons (Fsp3) is 0.412. The predicted molar refractivity (Wildman–Crippen MR) is 93.7 cm³/mol. The van der Waals surface area contributed by atoms with Crippen LogP contribution in [0.25, 0.3) is 0 Å². The number of carbonyl (C=O) groups is 1. The lowest BCUT2D eigenvalue weighted by molar-refractivity contribution is -0.385. The Balaban J connectivity index is 1.74. The van der Waals surface area contributed by atoms with Crippen LogP contribution in [0.5, 0.6) is 0 Å². The second-order valence-electron chi connectivity index (χ2n) is 6.44. The number of benzene rings is 1. The lowest BCUT2D eigenvalue weighted by atomic mass is 9.95. The molecule has 0 aliphatic carbocycles. The molecule has 0 bridgehead atoms. The number of hydrogen-bond donors (Lipinski definition) is 2. The maximum Gasteiger partial charge on any atom is 0.321 e. The van der Waals surface area contributed by atoms with Crippen molar-refractivity contribution in [2.45, 2.75) is 32.6 Å². The van der Waals surface area contributed by atoms with Crippen molar-refractivity contribution >= 4 is 17.4 Å². The number of nitrogens with zero attached hydrogens (tertiary/aromatic N) is 3. The minimum absolute atomic E-state index is 0.00915. The molecule has 3 rings (SSSR count). The molecule has 1 saturated heterocycles. The van der Waals surface area contributed by atoms with Crippen LogP contribution in [0.15, 0.2) is 24.4 Å². The molecule has 1 aliphatic rings. The van der Waals surface area contributed by atoms with Crippen LogP contribution in [0, 0.1) is 24.0 Å². The van der Waals surface area contributed by atoms with E-state index in [4.69, 9.17) is 0 Å². The van der Waals surface area contributed by atoms with E-state index >= 15 is 0 Å². The third-order valence-electron chi connectivity index (χ3n) is 4.65. The summed E-state index contributed by atoms with van der Waals surface area (Å²) in [6.07, 6.45) is 3.62. The van der Waals surface area contributed by atoms with E-state index in [1.165, 1.54) is 6.07 Å². The van der Waals surface area contributed by atoms with Crippen molar-refractivity contribution in [2.75, 3.05) is 18.4 Å². The van der Waals surface area contributed by atoms with Gasteiger partial charge in [-0.2, -0.15) is 5.10 Å². The number of nitrogens with one attached hydrogen (secondary N) is 2. The standard InChI is InChI=1S/C17H21N5O3/c1-11-8-12(2)16(22(24)25)9-15(11)19-17(23)21-7-3-4-13(10-21)14-5-6-18-20-14/h5-6,8-9,13H,3-4,7,10H2,1-2H3,(H,18,20)(H,19,23)/t13-/m1/s1. The van der Waals surface area contributed by atoms with Crippen molar-refractivity contribution < 1.29 is 9.72 Å². The fourth-order valence-electron chi connectivity index (χ4n) is 3.28. The Labute approximate surface area is 145 Å². The first-order chi connectivity index (χ1) is 12.0. The molecule has 0 spiro atoms. The lowest BCUT2D eigenvalue weighted by Gasteiger charge is -2.32. The number of nitro groups is 1. The highest BCUT2D eigenvalue weighted by molar-refractivity contribution is 5.90. The zero-order valence-corrected chi connectivity index (χ0v) is 14.3. The van der Waals surface area contributed by atoms with Crippen molar-refractivity contribution in [1.29, 1.82) is 0 Å². The lowest BCUT2D eigenvalue weighted by Crippen LogP contribution is -2.41. The first kappa shape index (κ1) is 16.9. The highest BCUT2D eigenvalue weighted by Gasteiger charge is 2.26. The van der Waals surface area contributed by atoms with Crippen LogP contribution in [0.3, 0.4) is 0 Å². The summed E-state index contributed by atoms with van der Waals surface area (Å²) in [5.74, 6) is 0.232. The van der Waals surface area contributed by atoms with E-state index in [-0.39, 0.29) is 17.6 Å². The molecule has 2 aromatic rings. The van der Waals surface area contributed by atoms with E-state index in [0.29, 0.717) is 24.3 Å². The monoisotopic (exact) mass is 343 g/mol. The molecule has 1 fully saturated rings. The van der Waals surface area contributed by atoms with Crippen molar-refractivity contribution in [3.8, 4) is 0 Å². The van der Waals surface area contributed by atoms with Crippen LogP contribution < -0.4 is 5.32 Å². The molecule has 0 saturated carbocycles. The number of likely N-dealkylation sites (tertiary alicyclic amines) is 1. The topological polar surface area (TPSA) is 104 Å². The number of H-pyrrole nitrogens is 1. The Kier molecular flexibility index (Phi) is 4.69. The molecule has 1 aromatic heterocycles. The number of aromatic nitrogens is 2. The second-order valence-corrected chi connectivity index (χ2v) is 6.44. The van der Waals surface area contributed by atoms with E-state index < -0.39 is 4.92 Å². The molecule has 2 heterocycles. The van der Waals surface area contributed by atoms with Crippen LogP contribution in [0.1, 0.15) is 35.6 Å². The molecule has 8 nitrogen and oxygen atoms in total. The van der Waals surface area contributed by atoms with Gasteiger partial charge in [-0.25, -0.2) is 4.79 Å². The quantitative estimate of drug-likeness (QED) is 0.658. The number of nitro benzene ring substituents is 1. The van der Waals surface area contributed by atoms with E-state index in [1.54, 1.807) is 24.1 Å². The summed E-state index contributed by atoms with van der Waals surface area (Å²) in [6, 6.07) is 4.85. The SMILES string of the molecule is Cc1cc(C)c([N+](=O)[O-])cc1NC(=O)N1CCC[C@@H](c2ccn[nH]2)C1. The molecule has 132 valence electrons. The van der Waals surface area contributed by atoms with Gasteiger partial charge < -0.3 is 10.2 Å².